The molecule has 0 fully saturated rings. The lowest BCUT2D eigenvalue weighted by Crippen LogP contribution is -2.39. The maximum absolute atomic E-state index is 5.65. The second kappa shape index (κ2) is 7.12. The topological polar surface area (TPSA) is 81.7 Å². The van der Waals surface area contributed by atoms with Gasteiger partial charge in [-0.3, -0.25) is 16.3 Å². The number of hydrogen-bond donors (Lipinski definition) is 2. The van der Waals surface area contributed by atoms with E-state index in [9.17, 15) is 0 Å². The van der Waals surface area contributed by atoms with E-state index in [1.54, 1.807) is 12.5 Å². The second-order valence-electron chi connectivity index (χ2n) is 5.35. The monoisotopic (exact) mass is 274 g/mol. The molecule has 20 heavy (non-hydrogen) atoms. The molecule has 0 aromatic carbocycles. The zero-order chi connectivity index (χ0) is 14.4. The maximum atomic E-state index is 5.65. The number of hydrogen-bond acceptors (Lipinski definition) is 5. The Hall–Kier alpha value is -1.79. The van der Waals surface area contributed by atoms with Gasteiger partial charge in [-0.15, -0.1) is 0 Å². The van der Waals surface area contributed by atoms with E-state index in [-0.39, 0.29) is 6.04 Å². The quantitative estimate of drug-likeness (QED) is 0.580. The molecule has 2 aromatic heterocycles. The van der Waals surface area contributed by atoms with Crippen LogP contribution in [-0.4, -0.2) is 25.8 Å². The lowest BCUT2D eigenvalue weighted by molar-refractivity contribution is 0.440. The molecule has 0 aliphatic rings. The highest BCUT2D eigenvalue weighted by atomic mass is 15.3. The van der Waals surface area contributed by atoms with Crippen LogP contribution in [-0.2, 0) is 19.4 Å². The van der Waals surface area contributed by atoms with Crippen molar-refractivity contribution in [3.8, 4) is 0 Å². The van der Waals surface area contributed by atoms with Crippen LogP contribution in [0.2, 0.25) is 0 Å². The van der Waals surface area contributed by atoms with Crippen molar-refractivity contribution >= 4 is 0 Å². The molecular weight excluding hydrogens is 252 g/mol. The molecule has 108 valence electrons. The first-order valence-electron chi connectivity index (χ1n) is 6.91. The van der Waals surface area contributed by atoms with Gasteiger partial charge in [0.1, 0.15) is 12.2 Å². The standard InChI is InChI=1S/C14H22N6/c1-11(2)9-20-14(17-10-18-20)8-13(19-15)7-12-5-3-4-6-16-12/h3-6,10-11,13,19H,7-9,15H2,1-2H3. The van der Waals surface area contributed by atoms with Gasteiger partial charge < -0.3 is 0 Å². The van der Waals surface area contributed by atoms with E-state index in [1.807, 2.05) is 22.9 Å². The molecule has 6 heteroatoms. The summed E-state index contributed by atoms with van der Waals surface area (Å²) in [6.45, 7) is 5.20. The first kappa shape index (κ1) is 14.6. The van der Waals surface area contributed by atoms with Crippen molar-refractivity contribution in [2.45, 2.75) is 39.3 Å². The fourth-order valence-corrected chi connectivity index (χ4v) is 2.13. The Kier molecular flexibility index (Phi) is 5.20. The third-order valence-electron chi connectivity index (χ3n) is 3.08. The van der Waals surface area contributed by atoms with Gasteiger partial charge in [-0.25, -0.2) is 9.67 Å². The molecule has 3 N–H and O–H groups in total. The van der Waals surface area contributed by atoms with Gasteiger partial charge in [0, 0.05) is 37.3 Å². The van der Waals surface area contributed by atoms with Crippen LogP contribution in [0.4, 0.5) is 0 Å². The van der Waals surface area contributed by atoms with Crippen LogP contribution in [0.1, 0.15) is 25.4 Å². The van der Waals surface area contributed by atoms with Gasteiger partial charge in [0.05, 0.1) is 0 Å². The summed E-state index contributed by atoms with van der Waals surface area (Å²) in [7, 11) is 0. The van der Waals surface area contributed by atoms with Crippen molar-refractivity contribution in [1.29, 1.82) is 0 Å². The number of rotatable bonds is 7. The summed E-state index contributed by atoms with van der Waals surface area (Å²) in [6.07, 6.45) is 4.90. The Balaban J connectivity index is 2.01. The summed E-state index contributed by atoms with van der Waals surface area (Å²) in [5, 5.41) is 4.27. The van der Waals surface area contributed by atoms with Crippen molar-refractivity contribution in [3.63, 3.8) is 0 Å². The minimum atomic E-state index is 0.0972. The van der Waals surface area contributed by atoms with E-state index in [4.69, 9.17) is 5.84 Å². The Labute approximate surface area is 119 Å². The van der Waals surface area contributed by atoms with Crippen molar-refractivity contribution in [1.82, 2.24) is 25.2 Å². The smallest absolute Gasteiger partial charge is 0.138 e. The van der Waals surface area contributed by atoms with Crippen LogP contribution in [0.3, 0.4) is 0 Å². The molecule has 0 aliphatic carbocycles. The van der Waals surface area contributed by atoms with E-state index in [0.717, 1.165) is 30.9 Å². The lowest BCUT2D eigenvalue weighted by Gasteiger charge is -2.16. The number of hydrazine groups is 1. The number of nitrogens with two attached hydrogens (primary N) is 1. The predicted octanol–water partition coefficient (Wildman–Crippen LogP) is 0.946. The number of aromatic nitrogens is 4. The molecule has 2 aromatic rings. The van der Waals surface area contributed by atoms with Crippen molar-refractivity contribution in [3.05, 3.63) is 42.2 Å². The van der Waals surface area contributed by atoms with Gasteiger partial charge in [0.15, 0.2) is 0 Å². The van der Waals surface area contributed by atoms with E-state index in [0.29, 0.717) is 5.92 Å². The third-order valence-corrected chi connectivity index (χ3v) is 3.08. The molecular formula is C14H22N6. The molecule has 0 amide bonds. The molecule has 2 rings (SSSR count). The van der Waals surface area contributed by atoms with Crippen molar-refractivity contribution < 1.29 is 0 Å². The summed E-state index contributed by atoms with van der Waals surface area (Å²) >= 11 is 0. The molecule has 2 heterocycles. The Morgan fingerprint density at radius 1 is 1.25 bits per heavy atom. The minimum absolute atomic E-state index is 0.0972. The normalized spacial score (nSPS) is 12.8. The number of nitrogens with one attached hydrogen (secondary N) is 1. The average molecular weight is 274 g/mol. The Morgan fingerprint density at radius 2 is 2.10 bits per heavy atom. The highest BCUT2D eigenvalue weighted by molar-refractivity contribution is 5.06. The summed E-state index contributed by atoms with van der Waals surface area (Å²) in [6, 6.07) is 5.99. The predicted molar refractivity (Wildman–Crippen MR) is 77.6 cm³/mol. The third kappa shape index (κ3) is 4.11. The summed E-state index contributed by atoms with van der Waals surface area (Å²) in [4.78, 5) is 8.66. The summed E-state index contributed by atoms with van der Waals surface area (Å²) in [5.74, 6) is 7.15. The van der Waals surface area contributed by atoms with Gasteiger partial charge in [0.2, 0.25) is 0 Å². The zero-order valence-corrected chi connectivity index (χ0v) is 12.0. The molecule has 0 bridgehead atoms. The summed E-state index contributed by atoms with van der Waals surface area (Å²) in [5.41, 5.74) is 3.87. The van der Waals surface area contributed by atoms with Crippen LogP contribution in [0.25, 0.3) is 0 Å². The van der Waals surface area contributed by atoms with Gasteiger partial charge in [-0.2, -0.15) is 5.10 Å². The highest BCUT2D eigenvalue weighted by Gasteiger charge is 2.14. The first-order chi connectivity index (χ1) is 9.69. The van der Waals surface area contributed by atoms with E-state index < -0.39 is 0 Å². The SMILES string of the molecule is CC(C)Cn1ncnc1CC(Cc1ccccn1)NN. The van der Waals surface area contributed by atoms with Crippen LogP contribution >= 0.6 is 0 Å². The molecule has 1 atom stereocenters. The molecule has 0 saturated carbocycles. The number of pyridine rings is 1. The number of nitrogens with zero attached hydrogens (tertiary/aromatic N) is 4. The van der Waals surface area contributed by atoms with Crippen LogP contribution in [0.5, 0.6) is 0 Å². The van der Waals surface area contributed by atoms with Crippen LogP contribution < -0.4 is 11.3 Å². The van der Waals surface area contributed by atoms with Crippen molar-refractivity contribution in [2.75, 3.05) is 0 Å². The molecule has 0 saturated heterocycles. The fraction of sp³-hybridized carbons (Fsp3) is 0.500. The first-order valence-corrected chi connectivity index (χ1v) is 6.91. The second-order valence-corrected chi connectivity index (χ2v) is 5.35. The van der Waals surface area contributed by atoms with Crippen molar-refractivity contribution in [2.24, 2.45) is 11.8 Å². The van der Waals surface area contributed by atoms with Crippen LogP contribution in [0, 0.1) is 5.92 Å². The van der Waals surface area contributed by atoms with E-state index >= 15 is 0 Å². The average Bonchev–Trinajstić information content (AvgIpc) is 2.85. The van der Waals surface area contributed by atoms with Gasteiger partial charge in [0.25, 0.3) is 0 Å². The van der Waals surface area contributed by atoms with E-state index in [2.05, 4.69) is 34.3 Å². The van der Waals surface area contributed by atoms with Gasteiger partial charge in [-0.05, 0) is 18.1 Å². The summed E-state index contributed by atoms with van der Waals surface area (Å²) < 4.78 is 1.95. The largest absolute Gasteiger partial charge is 0.271 e. The molecule has 0 aliphatic heterocycles. The zero-order valence-electron chi connectivity index (χ0n) is 12.0. The Bertz CT molecular complexity index is 507. The van der Waals surface area contributed by atoms with E-state index in [1.165, 1.54) is 0 Å². The lowest BCUT2D eigenvalue weighted by atomic mass is 10.1. The molecule has 1 unspecified atom stereocenters. The maximum Gasteiger partial charge on any atom is 0.138 e. The minimum Gasteiger partial charge on any atom is -0.271 e. The Morgan fingerprint density at radius 3 is 2.75 bits per heavy atom. The fourth-order valence-electron chi connectivity index (χ4n) is 2.13. The molecule has 6 nitrogen and oxygen atoms in total. The molecule has 0 spiro atoms. The van der Waals surface area contributed by atoms with Gasteiger partial charge in [-0.1, -0.05) is 19.9 Å². The van der Waals surface area contributed by atoms with Crippen LogP contribution in [0.15, 0.2) is 30.7 Å². The van der Waals surface area contributed by atoms with Gasteiger partial charge >= 0.3 is 0 Å². The molecule has 0 radical (unpaired) electrons. The highest BCUT2D eigenvalue weighted by Crippen LogP contribution is 2.07.